The van der Waals surface area contributed by atoms with E-state index in [1.807, 2.05) is 43.1 Å². The molecule has 30 heavy (non-hydrogen) atoms. The molecule has 0 N–H and O–H groups in total. The highest BCUT2D eigenvalue weighted by Crippen LogP contribution is 2.36. The van der Waals surface area contributed by atoms with Crippen molar-refractivity contribution in [2.45, 2.75) is 18.4 Å². The number of hydrogen-bond acceptors (Lipinski definition) is 4. The minimum absolute atomic E-state index is 0.238. The fourth-order valence-electron chi connectivity index (χ4n) is 3.03. The molecule has 0 bridgehead atoms. The zero-order chi connectivity index (χ0) is 21.5. The number of thioether (sulfide) groups is 1. The van der Waals surface area contributed by atoms with Crippen molar-refractivity contribution in [3.8, 4) is 0 Å². The Hall–Kier alpha value is -3.18. The van der Waals surface area contributed by atoms with Crippen molar-refractivity contribution < 1.29 is 14.0 Å². The highest BCUT2D eigenvalue weighted by molar-refractivity contribution is 8.04. The van der Waals surface area contributed by atoms with E-state index in [0.29, 0.717) is 22.6 Å². The largest absolute Gasteiger partial charge is 0.369 e. The number of hydrogen-bond donors (Lipinski definition) is 0. The summed E-state index contributed by atoms with van der Waals surface area (Å²) >= 11 is 1.36. The highest BCUT2D eigenvalue weighted by Gasteiger charge is 2.13. The van der Waals surface area contributed by atoms with E-state index < -0.39 is 0 Å². The van der Waals surface area contributed by atoms with Crippen LogP contribution >= 0.6 is 11.8 Å². The first kappa shape index (κ1) is 21.5. The van der Waals surface area contributed by atoms with Gasteiger partial charge in [-0.05, 0) is 42.3 Å². The number of halogens is 1. The van der Waals surface area contributed by atoms with Gasteiger partial charge in [0.25, 0.3) is 0 Å². The van der Waals surface area contributed by atoms with Crippen molar-refractivity contribution in [1.29, 1.82) is 0 Å². The Labute approximate surface area is 180 Å². The number of nitrogens with zero attached hydrogens (tertiary/aromatic N) is 1. The number of allylic oxidation sites excluding steroid dienone is 1. The number of benzene rings is 3. The molecule has 0 fully saturated rings. The van der Waals surface area contributed by atoms with Crippen LogP contribution in [0.2, 0.25) is 0 Å². The summed E-state index contributed by atoms with van der Waals surface area (Å²) in [5.41, 5.74) is 4.04. The lowest BCUT2D eigenvalue weighted by atomic mass is 10.1. The lowest BCUT2D eigenvalue weighted by Gasteiger charge is -2.23. The Kier molecular flexibility index (Phi) is 7.20. The Bertz CT molecular complexity index is 1080. The molecule has 5 heteroatoms. The van der Waals surface area contributed by atoms with Crippen molar-refractivity contribution in [2.75, 3.05) is 11.9 Å². The van der Waals surface area contributed by atoms with Gasteiger partial charge in [0.15, 0.2) is 6.29 Å². The number of aryl methyl sites for hydroxylation is 1. The molecular weight excluding hydrogens is 397 g/mol. The summed E-state index contributed by atoms with van der Waals surface area (Å²) < 4.78 is 14.1. The summed E-state index contributed by atoms with van der Waals surface area (Å²) in [6, 6.07) is 19.7. The van der Waals surface area contributed by atoms with Gasteiger partial charge < -0.3 is 4.90 Å². The zero-order valence-electron chi connectivity index (χ0n) is 16.8. The maximum Gasteiger partial charge on any atom is 0.156 e. The van der Waals surface area contributed by atoms with E-state index >= 15 is 0 Å². The SMILES string of the molecule is Cc1ccc(S/C(C=O)=C\c2ccc(C=O)cc2)c(N(C)Cc2ccccc2F)c1. The summed E-state index contributed by atoms with van der Waals surface area (Å²) in [7, 11) is 1.91. The molecule has 0 saturated carbocycles. The number of aldehydes is 2. The second-order valence-electron chi connectivity index (χ2n) is 6.97. The predicted molar refractivity (Wildman–Crippen MR) is 121 cm³/mol. The summed E-state index contributed by atoms with van der Waals surface area (Å²) in [6.45, 7) is 2.41. The molecule has 0 aromatic heterocycles. The number of carbonyl (C=O) groups is 2. The average Bonchev–Trinajstić information content (AvgIpc) is 2.76. The van der Waals surface area contributed by atoms with Crippen LogP contribution in [-0.2, 0) is 11.3 Å². The van der Waals surface area contributed by atoms with E-state index in [9.17, 15) is 14.0 Å². The molecule has 152 valence electrons. The van der Waals surface area contributed by atoms with Gasteiger partial charge in [-0.25, -0.2) is 4.39 Å². The van der Waals surface area contributed by atoms with Crippen molar-refractivity contribution in [1.82, 2.24) is 0 Å². The van der Waals surface area contributed by atoms with Gasteiger partial charge >= 0.3 is 0 Å². The Morgan fingerprint density at radius 3 is 2.37 bits per heavy atom. The fourth-order valence-corrected chi connectivity index (χ4v) is 3.98. The predicted octanol–water partition coefficient (Wildman–Crippen LogP) is 5.92. The van der Waals surface area contributed by atoms with E-state index in [2.05, 4.69) is 0 Å². The molecule has 3 aromatic rings. The molecule has 0 unspecified atom stereocenters. The monoisotopic (exact) mass is 419 g/mol. The summed E-state index contributed by atoms with van der Waals surface area (Å²) in [4.78, 5) is 26.0. The van der Waals surface area contributed by atoms with Gasteiger partial charge in [0.2, 0.25) is 0 Å². The van der Waals surface area contributed by atoms with Crippen LogP contribution in [0, 0.1) is 12.7 Å². The van der Waals surface area contributed by atoms with Crippen LogP contribution < -0.4 is 4.90 Å². The molecule has 3 nitrogen and oxygen atoms in total. The Morgan fingerprint density at radius 2 is 1.70 bits per heavy atom. The third-order valence-electron chi connectivity index (χ3n) is 4.62. The van der Waals surface area contributed by atoms with Crippen LogP contribution in [0.3, 0.4) is 0 Å². The molecule has 3 rings (SSSR count). The Balaban J connectivity index is 1.87. The van der Waals surface area contributed by atoms with E-state index in [4.69, 9.17) is 0 Å². The van der Waals surface area contributed by atoms with E-state index in [0.717, 1.165) is 34.3 Å². The van der Waals surface area contributed by atoms with Crippen LogP contribution in [-0.4, -0.2) is 19.6 Å². The van der Waals surface area contributed by atoms with Crippen LogP contribution in [0.4, 0.5) is 10.1 Å². The fraction of sp³-hybridized carbons (Fsp3) is 0.120. The van der Waals surface area contributed by atoms with Crippen molar-refractivity contribution in [3.05, 3.63) is 99.7 Å². The normalized spacial score (nSPS) is 11.2. The van der Waals surface area contributed by atoms with Gasteiger partial charge in [-0.2, -0.15) is 0 Å². The highest BCUT2D eigenvalue weighted by atomic mass is 32.2. The summed E-state index contributed by atoms with van der Waals surface area (Å²) in [5.74, 6) is -0.238. The molecule has 0 heterocycles. The number of carbonyl (C=O) groups excluding carboxylic acids is 2. The maximum absolute atomic E-state index is 14.1. The van der Waals surface area contributed by atoms with Crippen LogP contribution in [0.25, 0.3) is 6.08 Å². The summed E-state index contributed by atoms with van der Waals surface area (Å²) in [6.07, 6.45) is 3.39. The minimum atomic E-state index is -0.238. The smallest absolute Gasteiger partial charge is 0.156 e. The van der Waals surface area contributed by atoms with E-state index in [1.165, 1.54) is 17.8 Å². The lowest BCUT2D eigenvalue weighted by molar-refractivity contribution is -0.104. The molecular formula is C25H22FNO2S. The van der Waals surface area contributed by atoms with Crippen LogP contribution in [0.1, 0.15) is 27.0 Å². The molecule has 0 radical (unpaired) electrons. The number of anilines is 1. The molecule has 0 aliphatic heterocycles. The first-order valence-electron chi connectivity index (χ1n) is 9.45. The molecule has 0 atom stereocenters. The number of rotatable bonds is 8. The molecule has 0 saturated heterocycles. The van der Waals surface area contributed by atoms with Gasteiger partial charge in [-0.3, -0.25) is 9.59 Å². The van der Waals surface area contributed by atoms with E-state index in [1.54, 1.807) is 42.5 Å². The van der Waals surface area contributed by atoms with Gasteiger partial charge in [-0.15, -0.1) is 0 Å². The van der Waals surface area contributed by atoms with Gasteiger partial charge in [0.1, 0.15) is 12.1 Å². The standard InChI is InChI=1S/C25H22FNO2S/c1-18-7-12-25(24(13-18)27(2)15-21-5-3-4-6-23(21)26)30-22(17-29)14-19-8-10-20(16-28)11-9-19/h3-14,16-17H,15H2,1-2H3/b22-14-. The molecule has 0 aliphatic rings. The Morgan fingerprint density at radius 1 is 1.00 bits per heavy atom. The second-order valence-corrected chi connectivity index (χ2v) is 8.09. The first-order chi connectivity index (χ1) is 14.5. The van der Waals surface area contributed by atoms with E-state index in [-0.39, 0.29) is 5.82 Å². The lowest BCUT2D eigenvalue weighted by Crippen LogP contribution is -2.18. The van der Waals surface area contributed by atoms with Crippen molar-refractivity contribution in [2.24, 2.45) is 0 Å². The topological polar surface area (TPSA) is 37.4 Å². The van der Waals surface area contributed by atoms with Crippen molar-refractivity contribution >= 4 is 36.1 Å². The van der Waals surface area contributed by atoms with Gasteiger partial charge in [-0.1, -0.05) is 60.3 Å². The second kappa shape index (κ2) is 10.0. The third-order valence-corrected chi connectivity index (χ3v) is 5.63. The van der Waals surface area contributed by atoms with Crippen LogP contribution in [0.15, 0.2) is 76.5 Å². The minimum Gasteiger partial charge on any atom is -0.369 e. The maximum atomic E-state index is 14.1. The molecule has 0 spiro atoms. The third kappa shape index (κ3) is 5.45. The quantitative estimate of drug-likeness (QED) is 0.258. The molecule has 0 aliphatic carbocycles. The van der Waals surface area contributed by atoms with Gasteiger partial charge in [0, 0.05) is 29.6 Å². The molecule has 0 amide bonds. The zero-order valence-corrected chi connectivity index (χ0v) is 17.7. The van der Waals surface area contributed by atoms with Gasteiger partial charge in [0.05, 0.1) is 10.6 Å². The van der Waals surface area contributed by atoms with Crippen LogP contribution in [0.5, 0.6) is 0 Å². The van der Waals surface area contributed by atoms with Crippen molar-refractivity contribution in [3.63, 3.8) is 0 Å². The summed E-state index contributed by atoms with van der Waals surface area (Å²) in [5, 5.41) is 0. The molecule has 3 aromatic carbocycles. The first-order valence-corrected chi connectivity index (χ1v) is 10.3. The average molecular weight is 420 g/mol.